The molecule has 0 aliphatic heterocycles. The molecule has 0 amide bonds. The van der Waals surface area contributed by atoms with Gasteiger partial charge in [-0.3, -0.25) is 9.59 Å². The molecule has 1 rings (SSSR count). The molecule has 6 heteroatoms. The van der Waals surface area contributed by atoms with Gasteiger partial charge in [-0.05, 0) is 31.5 Å². The lowest BCUT2D eigenvalue weighted by Crippen LogP contribution is -2.31. The molecule has 0 saturated carbocycles. The van der Waals surface area contributed by atoms with Crippen LogP contribution in [0.3, 0.4) is 0 Å². The molecule has 0 aliphatic rings. The van der Waals surface area contributed by atoms with Gasteiger partial charge in [-0.25, -0.2) is 4.79 Å². The molecule has 0 unspecified atom stereocenters. The lowest BCUT2D eigenvalue weighted by atomic mass is 9.95. The molecule has 0 N–H and O–H groups in total. The molecule has 0 saturated heterocycles. The van der Waals surface area contributed by atoms with Crippen molar-refractivity contribution in [1.29, 1.82) is 0 Å². The minimum absolute atomic E-state index is 0.0699. The van der Waals surface area contributed by atoms with Crippen LogP contribution in [0.25, 0.3) is 0 Å². The summed E-state index contributed by atoms with van der Waals surface area (Å²) in [6.07, 6.45) is 0. The number of carbonyl (C=O) groups is 3. The van der Waals surface area contributed by atoms with Gasteiger partial charge in [-0.1, -0.05) is 28.1 Å². The summed E-state index contributed by atoms with van der Waals surface area (Å²) < 4.78 is 10.3. The van der Waals surface area contributed by atoms with Crippen LogP contribution in [0.4, 0.5) is 0 Å². The van der Waals surface area contributed by atoms with Crippen LogP contribution < -0.4 is 0 Å². The van der Waals surface area contributed by atoms with Gasteiger partial charge in [0.2, 0.25) is 0 Å². The van der Waals surface area contributed by atoms with Crippen molar-refractivity contribution >= 4 is 33.7 Å². The fraction of sp³-hybridized carbons (Fsp3) is 0.357. The van der Waals surface area contributed by atoms with Crippen molar-refractivity contribution in [2.45, 2.75) is 19.8 Å². The van der Waals surface area contributed by atoms with Gasteiger partial charge >= 0.3 is 11.9 Å². The van der Waals surface area contributed by atoms with Gasteiger partial charge in [0.25, 0.3) is 5.78 Å². The quantitative estimate of drug-likeness (QED) is 0.450. The highest BCUT2D eigenvalue weighted by molar-refractivity contribution is 9.10. The second kappa shape index (κ2) is 7.79. The number of ether oxygens (including phenoxy) is 2. The number of carbonyl (C=O) groups excluding carboxylic acids is 3. The molecular weight excluding hydrogens is 328 g/mol. The molecule has 1 aromatic carbocycles. The average molecular weight is 343 g/mol. The molecule has 5 nitrogen and oxygen atoms in total. The van der Waals surface area contributed by atoms with Crippen LogP contribution in [-0.2, 0) is 23.9 Å². The van der Waals surface area contributed by atoms with E-state index in [2.05, 4.69) is 20.7 Å². The molecule has 0 spiro atoms. The second-order valence-electron chi connectivity index (χ2n) is 3.82. The minimum atomic E-state index is -1.29. The van der Waals surface area contributed by atoms with E-state index in [1.54, 1.807) is 38.1 Å². The number of hydrogen-bond donors (Lipinski definition) is 0. The number of esters is 2. The normalized spacial score (nSPS) is 11.6. The van der Waals surface area contributed by atoms with Gasteiger partial charge in [0.15, 0.2) is 5.92 Å². The first-order valence-electron chi connectivity index (χ1n) is 6.14. The number of halogens is 1. The first-order valence-corrected chi connectivity index (χ1v) is 6.93. The maximum atomic E-state index is 12.0. The van der Waals surface area contributed by atoms with Gasteiger partial charge in [0.1, 0.15) is 0 Å². The van der Waals surface area contributed by atoms with E-state index in [1.165, 1.54) is 0 Å². The second-order valence-corrected chi connectivity index (χ2v) is 4.74. The minimum Gasteiger partial charge on any atom is -0.465 e. The van der Waals surface area contributed by atoms with Gasteiger partial charge < -0.3 is 9.47 Å². The summed E-state index contributed by atoms with van der Waals surface area (Å²) in [6, 6.07) is 6.53. The number of benzene rings is 1. The van der Waals surface area contributed by atoms with Gasteiger partial charge in [0.05, 0.1) is 13.2 Å². The number of hydrogen-bond acceptors (Lipinski definition) is 5. The predicted octanol–water partition coefficient (Wildman–Crippen LogP) is 2.23. The molecule has 0 bridgehead atoms. The Bertz CT molecular complexity index is 495. The van der Waals surface area contributed by atoms with Crippen LogP contribution in [0.2, 0.25) is 0 Å². The molecule has 1 atom stereocenters. The summed E-state index contributed by atoms with van der Waals surface area (Å²) in [4.78, 5) is 35.5. The summed E-state index contributed by atoms with van der Waals surface area (Å²) in [5.74, 6) is -4.00. The maximum Gasteiger partial charge on any atom is 0.375 e. The zero-order valence-electron chi connectivity index (χ0n) is 11.2. The Morgan fingerprint density at radius 2 is 1.60 bits per heavy atom. The lowest BCUT2D eigenvalue weighted by Gasteiger charge is -2.14. The molecule has 0 aliphatic carbocycles. The Morgan fingerprint density at radius 1 is 1.05 bits per heavy atom. The number of ketones is 1. The monoisotopic (exact) mass is 342 g/mol. The highest BCUT2D eigenvalue weighted by atomic mass is 79.9. The molecule has 108 valence electrons. The number of rotatable bonds is 6. The van der Waals surface area contributed by atoms with Crippen LogP contribution in [-0.4, -0.2) is 30.9 Å². The largest absolute Gasteiger partial charge is 0.465 e. The van der Waals surface area contributed by atoms with Crippen LogP contribution in [0.5, 0.6) is 0 Å². The molecule has 20 heavy (non-hydrogen) atoms. The van der Waals surface area contributed by atoms with Crippen LogP contribution in [0.15, 0.2) is 28.7 Å². The first-order chi connectivity index (χ1) is 9.51. The van der Waals surface area contributed by atoms with Crippen LogP contribution in [0.1, 0.15) is 25.3 Å². The van der Waals surface area contributed by atoms with E-state index in [9.17, 15) is 14.4 Å². The SMILES string of the molecule is CCOC(=O)C(=O)[C@@H](C(=O)OCC)c1ccc(Br)cc1. The summed E-state index contributed by atoms with van der Waals surface area (Å²) in [6.45, 7) is 3.41. The van der Waals surface area contributed by atoms with E-state index in [-0.39, 0.29) is 13.2 Å². The van der Waals surface area contributed by atoms with Crippen molar-refractivity contribution in [1.82, 2.24) is 0 Å². The van der Waals surface area contributed by atoms with Gasteiger partial charge in [0, 0.05) is 4.47 Å². The summed E-state index contributed by atoms with van der Waals surface area (Å²) >= 11 is 3.26. The van der Waals surface area contributed by atoms with Crippen molar-refractivity contribution in [3.05, 3.63) is 34.3 Å². The van der Waals surface area contributed by atoms with E-state index < -0.39 is 23.6 Å². The van der Waals surface area contributed by atoms with Crippen molar-refractivity contribution in [3.8, 4) is 0 Å². The molecule has 1 aromatic rings. The van der Waals surface area contributed by atoms with Crippen molar-refractivity contribution in [3.63, 3.8) is 0 Å². The number of Topliss-reactive ketones (excluding diaryl/α,β-unsaturated/α-hetero) is 1. The third-order valence-corrected chi connectivity index (χ3v) is 2.99. The Hall–Kier alpha value is -1.69. The highest BCUT2D eigenvalue weighted by Gasteiger charge is 2.35. The van der Waals surface area contributed by atoms with Crippen LogP contribution in [0, 0.1) is 0 Å². The maximum absolute atomic E-state index is 12.0. The Labute approximate surface area is 125 Å². The molecular formula is C14H15BrO5. The fourth-order valence-electron chi connectivity index (χ4n) is 1.60. The Morgan fingerprint density at radius 3 is 2.10 bits per heavy atom. The molecule has 0 fully saturated rings. The average Bonchev–Trinajstić information content (AvgIpc) is 2.41. The summed E-state index contributed by atoms with van der Waals surface area (Å²) in [5.41, 5.74) is 0.393. The molecule has 0 aromatic heterocycles. The summed E-state index contributed by atoms with van der Waals surface area (Å²) in [5, 5.41) is 0. The van der Waals surface area contributed by atoms with E-state index in [0.717, 1.165) is 4.47 Å². The van der Waals surface area contributed by atoms with E-state index >= 15 is 0 Å². The van der Waals surface area contributed by atoms with Crippen molar-refractivity contribution < 1.29 is 23.9 Å². The van der Waals surface area contributed by atoms with E-state index in [0.29, 0.717) is 5.56 Å². The first kappa shape index (κ1) is 16.4. The summed E-state index contributed by atoms with van der Waals surface area (Å²) in [7, 11) is 0. The molecule has 0 radical (unpaired) electrons. The van der Waals surface area contributed by atoms with Crippen molar-refractivity contribution in [2.24, 2.45) is 0 Å². The van der Waals surface area contributed by atoms with Crippen LogP contribution >= 0.6 is 15.9 Å². The predicted molar refractivity (Wildman–Crippen MR) is 75.2 cm³/mol. The van der Waals surface area contributed by atoms with E-state index in [1.807, 2.05) is 0 Å². The standard InChI is InChI=1S/C14H15BrO5/c1-3-19-13(17)11(12(16)14(18)20-4-2)9-5-7-10(15)8-6-9/h5-8,11H,3-4H2,1-2H3/t11-/m0/s1. The Kier molecular flexibility index (Phi) is 6.38. The smallest absolute Gasteiger partial charge is 0.375 e. The third kappa shape index (κ3) is 4.16. The lowest BCUT2D eigenvalue weighted by molar-refractivity contribution is -0.159. The Balaban J connectivity index is 3.08. The topological polar surface area (TPSA) is 69.7 Å². The van der Waals surface area contributed by atoms with Gasteiger partial charge in [-0.2, -0.15) is 0 Å². The zero-order valence-corrected chi connectivity index (χ0v) is 12.8. The van der Waals surface area contributed by atoms with Crippen molar-refractivity contribution in [2.75, 3.05) is 13.2 Å². The fourth-order valence-corrected chi connectivity index (χ4v) is 1.86. The zero-order chi connectivity index (χ0) is 15.1. The third-order valence-electron chi connectivity index (χ3n) is 2.46. The van der Waals surface area contributed by atoms with Gasteiger partial charge in [-0.15, -0.1) is 0 Å². The molecule has 0 heterocycles. The van der Waals surface area contributed by atoms with E-state index in [4.69, 9.17) is 4.74 Å². The highest BCUT2D eigenvalue weighted by Crippen LogP contribution is 2.22.